The van der Waals surface area contributed by atoms with Crippen molar-refractivity contribution in [3.63, 3.8) is 0 Å². The van der Waals surface area contributed by atoms with Gasteiger partial charge in [-0.25, -0.2) is 4.79 Å². The van der Waals surface area contributed by atoms with Crippen LogP contribution in [0.2, 0.25) is 0 Å². The van der Waals surface area contributed by atoms with Crippen molar-refractivity contribution in [2.45, 2.75) is 0 Å². The largest absolute Gasteiger partial charge is 0.275 e. The molecule has 0 aromatic heterocycles. The van der Waals surface area contributed by atoms with Gasteiger partial charge in [-0.05, 0) is 5.01 Å². The Bertz CT molecular complexity index is 119. The zero-order valence-corrected chi connectivity index (χ0v) is 3.42. The molecular formula is C3H2N2O2. The molecule has 0 amide bonds. The van der Waals surface area contributed by atoms with Crippen LogP contribution in [0.3, 0.4) is 0 Å². The van der Waals surface area contributed by atoms with E-state index in [4.69, 9.17) is 6.57 Å². The lowest BCUT2D eigenvalue weighted by atomic mass is 11.3. The number of hydrogen-bond donors (Lipinski definition) is 0. The van der Waals surface area contributed by atoms with Crippen molar-refractivity contribution in [2.75, 3.05) is 6.73 Å². The summed E-state index contributed by atoms with van der Waals surface area (Å²) >= 11 is 0. The Balaban J connectivity index is 3.03. The number of rotatable bonds is 2. The van der Waals surface area contributed by atoms with Gasteiger partial charge in [0.05, 0.1) is 0 Å². The topological polar surface area (TPSA) is 43.0 Å². The third kappa shape index (κ3) is 4.67. The predicted octanol–water partition coefficient (Wildman–Crippen LogP) is 0.131. The minimum Gasteiger partial charge on any atom is -0.211 e. The van der Waals surface area contributed by atoms with Crippen molar-refractivity contribution >= 4 is 6.08 Å². The third-order valence-corrected chi connectivity index (χ3v) is 0.251. The Morgan fingerprint density at radius 3 is 3.14 bits per heavy atom. The lowest BCUT2D eigenvalue weighted by Gasteiger charge is -1.71. The van der Waals surface area contributed by atoms with Crippen LogP contribution < -0.4 is 0 Å². The summed E-state index contributed by atoms with van der Waals surface area (Å²) in [5.41, 5.74) is 0. The third-order valence-electron chi connectivity index (χ3n) is 0.251. The highest BCUT2D eigenvalue weighted by Gasteiger charge is 1.73. The molecule has 0 saturated heterocycles. The van der Waals surface area contributed by atoms with Crippen molar-refractivity contribution in [1.82, 2.24) is 0 Å². The molecule has 36 valence electrons. The lowest BCUT2D eigenvalue weighted by molar-refractivity contribution is 0.254. The van der Waals surface area contributed by atoms with Gasteiger partial charge in [-0.2, -0.15) is 16.4 Å². The van der Waals surface area contributed by atoms with Gasteiger partial charge in [0.15, 0.2) is 0 Å². The number of aliphatic imine (C=N–C) groups is 1. The Kier molecular flexibility index (Phi) is 3.78. The summed E-state index contributed by atoms with van der Waals surface area (Å²) in [7, 11) is 0. The van der Waals surface area contributed by atoms with Crippen LogP contribution in [0.15, 0.2) is 4.99 Å². The van der Waals surface area contributed by atoms with E-state index < -0.39 is 0 Å². The molecule has 4 nitrogen and oxygen atoms in total. The summed E-state index contributed by atoms with van der Waals surface area (Å²) in [5.74, 6) is 0. The average molecular weight is 98.1 g/mol. The maximum absolute atomic E-state index is 9.21. The van der Waals surface area contributed by atoms with Crippen LogP contribution in [0, 0.1) is 6.57 Å². The molecule has 0 N–H and O–H groups in total. The molecule has 0 aliphatic heterocycles. The van der Waals surface area contributed by atoms with Crippen LogP contribution >= 0.6 is 0 Å². The van der Waals surface area contributed by atoms with Gasteiger partial charge in [0.2, 0.25) is 6.08 Å². The zero-order chi connectivity index (χ0) is 5.54. The van der Waals surface area contributed by atoms with E-state index in [1.54, 1.807) is 0 Å². The Morgan fingerprint density at radius 1 is 2.00 bits per heavy atom. The quantitative estimate of drug-likeness (QED) is 0.162. The first-order valence-corrected chi connectivity index (χ1v) is 1.44. The van der Waals surface area contributed by atoms with E-state index in [-0.39, 0.29) is 6.73 Å². The molecule has 0 saturated carbocycles. The maximum Gasteiger partial charge on any atom is 0.275 e. The van der Waals surface area contributed by atoms with Crippen LogP contribution in [-0.2, 0) is 9.63 Å². The molecule has 0 aliphatic carbocycles. The van der Waals surface area contributed by atoms with Gasteiger partial charge in [-0.3, -0.25) is 0 Å². The monoisotopic (exact) mass is 98.0 g/mol. The van der Waals surface area contributed by atoms with E-state index in [1.165, 1.54) is 6.08 Å². The number of hydrogen-bond acceptors (Lipinski definition) is 3. The second-order valence-electron chi connectivity index (χ2n) is 0.599. The summed E-state index contributed by atoms with van der Waals surface area (Å²) in [6.45, 7) is 5.78. The number of carbonyl (C=O) groups excluding carboxylic acids is 1. The smallest absolute Gasteiger partial charge is 0.211 e. The first-order valence-electron chi connectivity index (χ1n) is 1.44. The Hall–Kier alpha value is -1.33. The summed E-state index contributed by atoms with van der Waals surface area (Å²) in [5, 5.41) is 2.45. The molecule has 0 atom stereocenters. The van der Waals surface area contributed by atoms with Crippen LogP contribution in [0.1, 0.15) is 0 Å². The van der Waals surface area contributed by atoms with E-state index in [9.17, 15) is 4.79 Å². The second-order valence-corrected chi connectivity index (χ2v) is 0.599. The van der Waals surface area contributed by atoms with Gasteiger partial charge >= 0.3 is 0 Å². The van der Waals surface area contributed by atoms with Crippen LogP contribution in [0.5, 0.6) is 0 Å². The van der Waals surface area contributed by atoms with Crippen molar-refractivity contribution in [3.05, 3.63) is 11.6 Å². The Labute approximate surface area is 40.2 Å². The molecule has 0 aliphatic rings. The van der Waals surface area contributed by atoms with Crippen molar-refractivity contribution < 1.29 is 9.63 Å². The van der Waals surface area contributed by atoms with Crippen LogP contribution in [0.4, 0.5) is 0 Å². The van der Waals surface area contributed by atoms with Crippen molar-refractivity contribution in [2.24, 2.45) is 4.99 Å². The molecule has 0 rings (SSSR count). The van der Waals surface area contributed by atoms with E-state index >= 15 is 0 Å². The summed E-state index contributed by atoms with van der Waals surface area (Å²) in [6, 6.07) is 0. The Morgan fingerprint density at radius 2 is 2.71 bits per heavy atom. The van der Waals surface area contributed by atoms with Crippen molar-refractivity contribution in [1.29, 1.82) is 0 Å². The predicted molar refractivity (Wildman–Crippen MR) is 20.7 cm³/mol. The van der Waals surface area contributed by atoms with Crippen LogP contribution in [-0.4, -0.2) is 12.8 Å². The normalized spacial score (nSPS) is 5.57. The molecule has 4 heteroatoms. The minimum absolute atomic E-state index is 0.215. The summed E-state index contributed by atoms with van der Waals surface area (Å²) < 4.78 is 0. The number of nitrogens with zero attached hydrogens (tertiary/aromatic N) is 2. The summed E-state index contributed by atoms with van der Waals surface area (Å²) in [6.07, 6.45) is 1.21. The maximum atomic E-state index is 9.21. The second kappa shape index (κ2) is 4.67. The molecular weight excluding hydrogens is 96.0 g/mol. The SMILES string of the molecule is [C-]#[N+]OCN=C=O. The fraction of sp³-hybridized carbons (Fsp3) is 0.333. The van der Waals surface area contributed by atoms with Gasteiger partial charge in [0.1, 0.15) is 0 Å². The molecule has 0 aromatic rings. The molecule has 0 spiro atoms. The van der Waals surface area contributed by atoms with Crippen LogP contribution in [0.25, 0.3) is 5.01 Å². The highest BCUT2D eigenvalue weighted by atomic mass is 16.6. The fourth-order valence-electron chi connectivity index (χ4n) is 0.0841. The molecule has 0 radical (unpaired) electrons. The van der Waals surface area contributed by atoms with Crippen molar-refractivity contribution in [3.8, 4) is 0 Å². The molecule has 0 fully saturated rings. The first kappa shape index (κ1) is 5.67. The fourth-order valence-corrected chi connectivity index (χ4v) is 0.0841. The first-order chi connectivity index (χ1) is 3.41. The average Bonchev–Trinajstić information content (AvgIpc) is 1.69. The molecule has 0 bridgehead atoms. The molecule has 0 unspecified atom stereocenters. The van der Waals surface area contributed by atoms with Gasteiger partial charge in [-0.15, -0.1) is 0 Å². The molecule has 0 heterocycles. The highest BCUT2D eigenvalue weighted by molar-refractivity contribution is 5.32. The van der Waals surface area contributed by atoms with Gasteiger partial charge in [-0.1, -0.05) is 0 Å². The van der Waals surface area contributed by atoms with Gasteiger partial charge in [0.25, 0.3) is 6.73 Å². The summed E-state index contributed by atoms with van der Waals surface area (Å²) in [4.78, 5) is 16.1. The van der Waals surface area contributed by atoms with E-state index in [0.29, 0.717) is 0 Å². The lowest BCUT2D eigenvalue weighted by Crippen LogP contribution is -1.75. The van der Waals surface area contributed by atoms with Gasteiger partial charge in [0, 0.05) is 0 Å². The zero-order valence-electron chi connectivity index (χ0n) is 3.42. The van der Waals surface area contributed by atoms with E-state index in [0.717, 1.165) is 0 Å². The minimum atomic E-state index is -0.215. The van der Waals surface area contributed by atoms with E-state index in [2.05, 4.69) is 14.8 Å². The molecule has 0 aromatic carbocycles. The standard InChI is InChI=1S/C3H2N2O2/c1-4-7-3-5-2-6/h3H2. The number of isocyanates is 1. The van der Waals surface area contributed by atoms with E-state index in [1.807, 2.05) is 0 Å². The highest BCUT2D eigenvalue weighted by Crippen LogP contribution is 1.70. The molecule has 7 heavy (non-hydrogen) atoms. The van der Waals surface area contributed by atoms with Gasteiger partial charge < -0.3 is 0 Å².